The third-order valence-corrected chi connectivity index (χ3v) is 3.45. The van der Waals surface area contributed by atoms with E-state index in [1.807, 2.05) is 4.90 Å². The van der Waals surface area contributed by atoms with Gasteiger partial charge in [0.05, 0.1) is 19.3 Å². The number of nitrogens with zero attached hydrogens (tertiary/aromatic N) is 2. The van der Waals surface area contributed by atoms with Crippen LogP contribution in [0.15, 0.2) is 18.2 Å². The predicted octanol–water partition coefficient (Wildman–Crippen LogP) is 2.25. The van der Waals surface area contributed by atoms with E-state index in [0.717, 1.165) is 0 Å². The Morgan fingerprint density at radius 3 is 2.78 bits per heavy atom. The minimum Gasteiger partial charge on any atom is -0.379 e. The quantitative estimate of drug-likeness (QED) is 0.844. The predicted molar refractivity (Wildman–Crippen MR) is 66.9 cm³/mol. The first-order valence-electron chi connectivity index (χ1n) is 5.86. The zero-order chi connectivity index (χ0) is 13.0. The molecule has 0 saturated carbocycles. The maximum Gasteiger partial charge on any atom is 0.127 e. The van der Waals surface area contributed by atoms with Crippen molar-refractivity contribution in [3.8, 4) is 6.07 Å². The Labute approximate surface area is 111 Å². The van der Waals surface area contributed by atoms with Crippen molar-refractivity contribution in [3.63, 3.8) is 0 Å². The average Bonchev–Trinajstić information content (AvgIpc) is 2.40. The zero-order valence-corrected chi connectivity index (χ0v) is 10.7. The van der Waals surface area contributed by atoms with Crippen LogP contribution in [-0.2, 0) is 11.2 Å². The molecule has 1 heterocycles. The van der Waals surface area contributed by atoms with Crippen molar-refractivity contribution >= 4 is 11.6 Å². The van der Waals surface area contributed by atoms with Crippen LogP contribution in [0.4, 0.5) is 4.39 Å². The summed E-state index contributed by atoms with van der Waals surface area (Å²) in [5.41, 5.74) is 0.414. The van der Waals surface area contributed by atoms with Gasteiger partial charge in [-0.25, -0.2) is 4.39 Å². The summed E-state index contributed by atoms with van der Waals surface area (Å²) in [4.78, 5) is 2.01. The molecule has 18 heavy (non-hydrogen) atoms. The second-order valence-electron chi connectivity index (χ2n) is 4.20. The molecule has 0 spiro atoms. The Balaban J connectivity index is 2.13. The van der Waals surface area contributed by atoms with E-state index in [-0.39, 0.29) is 11.9 Å². The van der Waals surface area contributed by atoms with Crippen LogP contribution in [0.5, 0.6) is 0 Å². The van der Waals surface area contributed by atoms with Gasteiger partial charge in [0, 0.05) is 30.1 Å². The van der Waals surface area contributed by atoms with Crippen LogP contribution in [-0.4, -0.2) is 37.2 Å². The fourth-order valence-electron chi connectivity index (χ4n) is 2.07. The summed E-state index contributed by atoms with van der Waals surface area (Å²) < 4.78 is 18.9. The molecule has 0 bridgehead atoms. The molecule has 1 aromatic carbocycles. The summed E-state index contributed by atoms with van der Waals surface area (Å²) in [5.74, 6) is -0.351. The van der Waals surface area contributed by atoms with Crippen LogP contribution in [0.3, 0.4) is 0 Å². The third kappa shape index (κ3) is 2.99. The minimum absolute atomic E-state index is 0.308. The first-order valence-corrected chi connectivity index (χ1v) is 6.24. The Morgan fingerprint density at radius 1 is 1.44 bits per heavy atom. The molecule has 0 aliphatic carbocycles. The van der Waals surface area contributed by atoms with Gasteiger partial charge in [-0.1, -0.05) is 17.7 Å². The SMILES string of the molecule is N#CC(Cc1c(F)cccc1Cl)N1CCOCC1. The number of rotatable bonds is 3. The molecule has 5 heteroatoms. The van der Waals surface area contributed by atoms with Gasteiger partial charge in [-0.2, -0.15) is 5.26 Å². The number of hydrogen-bond acceptors (Lipinski definition) is 3. The summed E-state index contributed by atoms with van der Waals surface area (Å²) in [6, 6.07) is 6.44. The number of halogens is 2. The van der Waals surface area contributed by atoms with Gasteiger partial charge in [0.2, 0.25) is 0 Å². The topological polar surface area (TPSA) is 36.3 Å². The summed E-state index contributed by atoms with van der Waals surface area (Å²) in [7, 11) is 0. The van der Waals surface area contributed by atoms with Crippen molar-refractivity contribution < 1.29 is 9.13 Å². The molecule has 1 aliphatic heterocycles. The fourth-order valence-corrected chi connectivity index (χ4v) is 2.31. The molecule has 0 N–H and O–H groups in total. The minimum atomic E-state index is -0.358. The molecular weight excluding hydrogens is 255 g/mol. The molecular formula is C13H14ClFN2O. The highest BCUT2D eigenvalue weighted by Crippen LogP contribution is 2.22. The van der Waals surface area contributed by atoms with Crippen molar-refractivity contribution in [2.75, 3.05) is 26.3 Å². The summed E-state index contributed by atoms with van der Waals surface area (Å²) in [6.45, 7) is 2.63. The summed E-state index contributed by atoms with van der Waals surface area (Å²) in [6.07, 6.45) is 0.308. The second-order valence-corrected chi connectivity index (χ2v) is 4.60. The van der Waals surface area contributed by atoms with E-state index in [1.165, 1.54) is 6.07 Å². The van der Waals surface area contributed by atoms with Gasteiger partial charge in [-0.3, -0.25) is 4.90 Å². The first-order chi connectivity index (χ1) is 8.72. The van der Waals surface area contributed by atoms with Crippen molar-refractivity contribution in [1.29, 1.82) is 5.26 Å². The standard InChI is InChI=1S/C13H14ClFN2O/c14-12-2-1-3-13(15)11(12)8-10(9-16)17-4-6-18-7-5-17/h1-3,10H,4-8H2. The van der Waals surface area contributed by atoms with E-state index < -0.39 is 0 Å². The number of benzene rings is 1. The smallest absolute Gasteiger partial charge is 0.127 e. The Hall–Kier alpha value is -1.15. The molecule has 1 aliphatic rings. The van der Waals surface area contributed by atoms with Crippen LogP contribution in [0.1, 0.15) is 5.56 Å². The Bertz CT molecular complexity index is 435. The van der Waals surface area contributed by atoms with Gasteiger partial charge >= 0.3 is 0 Å². The molecule has 1 unspecified atom stereocenters. The summed E-state index contributed by atoms with van der Waals surface area (Å²) >= 11 is 5.98. The fraction of sp³-hybridized carbons (Fsp3) is 0.462. The normalized spacial score (nSPS) is 18.3. The third-order valence-electron chi connectivity index (χ3n) is 3.09. The van der Waals surface area contributed by atoms with Crippen LogP contribution in [0, 0.1) is 17.1 Å². The lowest BCUT2D eigenvalue weighted by atomic mass is 10.0. The van der Waals surface area contributed by atoms with Gasteiger partial charge in [-0.15, -0.1) is 0 Å². The Kier molecular flexibility index (Phi) is 4.54. The average molecular weight is 269 g/mol. The molecule has 0 amide bonds. The van der Waals surface area contributed by atoms with Gasteiger partial charge in [0.15, 0.2) is 0 Å². The van der Waals surface area contributed by atoms with Crippen molar-refractivity contribution in [2.24, 2.45) is 0 Å². The maximum absolute atomic E-state index is 13.7. The van der Waals surface area contributed by atoms with Crippen molar-refractivity contribution in [1.82, 2.24) is 4.90 Å². The van der Waals surface area contributed by atoms with E-state index in [0.29, 0.717) is 43.3 Å². The lowest BCUT2D eigenvalue weighted by Crippen LogP contribution is -2.44. The van der Waals surface area contributed by atoms with Gasteiger partial charge in [0.1, 0.15) is 11.9 Å². The second kappa shape index (κ2) is 6.14. The molecule has 1 atom stereocenters. The van der Waals surface area contributed by atoms with Gasteiger partial charge in [-0.05, 0) is 12.1 Å². The molecule has 1 saturated heterocycles. The Morgan fingerprint density at radius 2 is 2.17 bits per heavy atom. The van der Waals surface area contributed by atoms with Gasteiger partial charge in [0.25, 0.3) is 0 Å². The molecule has 0 radical (unpaired) electrons. The van der Waals surface area contributed by atoms with E-state index in [9.17, 15) is 9.65 Å². The highest BCUT2D eigenvalue weighted by molar-refractivity contribution is 6.31. The lowest BCUT2D eigenvalue weighted by molar-refractivity contribution is 0.0269. The van der Waals surface area contributed by atoms with Crippen molar-refractivity contribution in [2.45, 2.75) is 12.5 Å². The highest BCUT2D eigenvalue weighted by atomic mass is 35.5. The number of ether oxygens (including phenoxy) is 1. The van der Waals surface area contributed by atoms with E-state index in [4.69, 9.17) is 16.3 Å². The first kappa shape index (κ1) is 13.3. The zero-order valence-electron chi connectivity index (χ0n) is 9.90. The number of nitriles is 1. The molecule has 1 aromatic rings. The van der Waals surface area contributed by atoms with Crippen LogP contribution < -0.4 is 0 Å². The van der Waals surface area contributed by atoms with Crippen LogP contribution in [0.2, 0.25) is 5.02 Å². The molecule has 0 aromatic heterocycles. The number of morpholine rings is 1. The molecule has 96 valence electrons. The monoisotopic (exact) mass is 268 g/mol. The van der Waals surface area contributed by atoms with Crippen LogP contribution >= 0.6 is 11.6 Å². The van der Waals surface area contributed by atoms with E-state index in [2.05, 4.69) is 6.07 Å². The molecule has 2 rings (SSSR count). The van der Waals surface area contributed by atoms with E-state index in [1.54, 1.807) is 12.1 Å². The maximum atomic E-state index is 13.7. The van der Waals surface area contributed by atoms with Crippen LogP contribution in [0.25, 0.3) is 0 Å². The van der Waals surface area contributed by atoms with Crippen molar-refractivity contribution in [3.05, 3.63) is 34.6 Å². The molecule has 3 nitrogen and oxygen atoms in total. The highest BCUT2D eigenvalue weighted by Gasteiger charge is 2.23. The summed E-state index contributed by atoms with van der Waals surface area (Å²) in [5, 5.41) is 9.60. The van der Waals surface area contributed by atoms with Gasteiger partial charge < -0.3 is 4.74 Å². The van der Waals surface area contributed by atoms with E-state index >= 15 is 0 Å². The lowest BCUT2D eigenvalue weighted by Gasteiger charge is -2.30. The molecule has 1 fully saturated rings. The number of hydrogen-bond donors (Lipinski definition) is 0. The largest absolute Gasteiger partial charge is 0.379 e.